The third-order valence-electron chi connectivity index (χ3n) is 8.38. The summed E-state index contributed by atoms with van der Waals surface area (Å²) in [5, 5.41) is 0. The second-order valence-corrected chi connectivity index (χ2v) is 11.3. The molecule has 1 unspecified atom stereocenters. The van der Waals surface area contributed by atoms with E-state index in [1.54, 1.807) is 12.1 Å². The lowest BCUT2D eigenvalue weighted by atomic mass is 9.70. The molecule has 0 spiro atoms. The van der Waals surface area contributed by atoms with Gasteiger partial charge < -0.3 is 9.47 Å². The minimum absolute atomic E-state index is 0.000107. The maximum Gasteiger partial charge on any atom is 0.433 e. The van der Waals surface area contributed by atoms with E-state index in [-0.39, 0.29) is 29.6 Å². The smallest absolute Gasteiger partial charge is 0.433 e. The van der Waals surface area contributed by atoms with Crippen molar-refractivity contribution in [2.24, 2.45) is 11.8 Å². The summed E-state index contributed by atoms with van der Waals surface area (Å²) in [7, 11) is 0. The highest BCUT2D eigenvalue weighted by Gasteiger charge is 2.38. The topological polar surface area (TPSA) is 18.5 Å². The molecule has 9 heteroatoms. The highest BCUT2D eigenvalue weighted by Crippen LogP contribution is 2.45. The van der Waals surface area contributed by atoms with Gasteiger partial charge in [0.2, 0.25) is 0 Å². The summed E-state index contributed by atoms with van der Waals surface area (Å²) < 4.78 is 107. The van der Waals surface area contributed by atoms with Crippen LogP contribution in [0.25, 0.3) is 0 Å². The van der Waals surface area contributed by atoms with Gasteiger partial charge in [-0.25, -0.2) is 8.78 Å². The molecule has 41 heavy (non-hydrogen) atoms. The quantitative estimate of drug-likeness (QED) is 0.148. The number of aryl methyl sites for hydroxylation is 1. The molecule has 0 radical (unpaired) electrons. The fraction of sp³-hybridized carbons (Fsp3) is 0.562. The number of hydrogen-bond acceptors (Lipinski definition) is 2. The first kappa shape index (κ1) is 31.2. The molecule has 1 atom stereocenters. The summed E-state index contributed by atoms with van der Waals surface area (Å²) in [4.78, 5) is 0. The van der Waals surface area contributed by atoms with Gasteiger partial charge in [0, 0.05) is 23.3 Å². The van der Waals surface area contributed by atoms with Crippen molar-refractivity contribution in [1.29, 1.82) is 0 Å². The molecular weight excluding hydrogens is 549 g/mol. The number of halogens is 7. The second kappa shape index (κ2) is 13.5. The SMILES string of the molecule is CCCCCc1ccc(OCC(F)(F)Oc2cc(F)c(C3CCC(C4CC=C(C(F)(F)F)CC4)CC3)c(F)c2)cc1. The largest absolute Gasteiger partial charge is 0.483 e. The summed E-state index contributed by atoms with van der Waals surface area (Å²) in [5.74, 6) is -2.40. The van der Waals surface area contributed by atoms with E-state index in [9.17, 15) is 30.7 Å². The summed E-state index contributed by atoms with van der Waals surface area (Å²) >= 11 is 0. The monoisotopic (exact) mass is 586 g/mol. The van der Waals surface area contributed by atoms with Crippen molar-refractivity contribution in [2.45, 2.75) is 95.8 Å². The van der Waals surface area contributed by atoms with Gasteiger partial charge in [-0.2, -0.15) is 22.0 Å². The first-order valence-electron chi connectivity index (χ1n) is 14.5. The van der Waals surface area contributed by atoms with Crippen molar-refractivity contribution < 1.29 is 40.2 Å². The fourth-order valence-corrected chi connectivity index (χ4v) is 6.13. The molecule has 1 saturated carbocycles. The maximum absolute atomic E-state index is 15.0. The van der Waals surface area contributed by atoms with Crippen molar-refractivity contribution in [1.82, 2.24) is 0 Å². The van der Waals surface area contributed by atoms with E-state index in [0.717, 1.165) is 43.4 Å². The van der Waals surface area contributed by atoms with Gasteiger partial charge in [-0.15, -0.1) is 0 Å². The molecule has 4 rings (SSSR count). The maximum atomic E-state index is 15.0. The highest BCUT2D eigenvalue weighted by atomic mass is 19.4. The zero-order chi connectivity index (χ0) is 29.6. The standard InChI is InChI=1S/C32H37F7O2/c1-2-3-4-5-21-6-16-26(17-7-21)40-20-31(35,36)41-27-18-28(33)30(29(34)19-27)24-10-8-22(9-11-24)23-12-14-25(15-13-23)32(37,38)39/h6-7,14,16-19,22-24H,2-5,8-13,15,20H2,1H3. The first-order chi connectivity index (χ1) is 19.4. The van der Waals surface area contributed by atoms with Crippen LogP contribution in [0.3, 0.4) is 0 Å². The molecule has 0 saturated heterocycles. The van der Waals surface area contributed by atoms with Crippen molar-refractivity contribution in [2.75, 3.05) is 6.61 Å². The van der Waals surface area contributed by atoms with Crippen LogP contribution in [0.1, 0.15) is 88.2 Å². The summed E-state index contributed by atoms with van der Waals surface area (Å²) in [6.07, 6.45) is 0.404. The van der Waals surface area contributed by atoms with Crippen LogP contribution in [-0.2, 0) is 6.42 Å². The normalized spacial score (nSPS) is 21.9. The summed E-state index contributed by atoms with van der Waals surface area (Å²) in [5.41, 5.74) is 0.453. The van der Waals surface area contributed by atoms with Gasteiger partial charge in [-0.1, -0.05) is 38.0 Å². The molecule has 0 heterocycles. The molecule has 0 aromatic heterocycles. The van der Waals surface area contributed by atoms with E-state index in [1.165, 1.54) is 6.08 Å². The lowest BCUT2D eigenvalue weighted by molar-refractivity contribution is -0.195. The highest BCUT2D eigenvalue weighted by molar-refractivity contribution is 5.33. The van der Waals surface area contributed by atoms with Gasteiger partial charge in [0.05, 0.1) is 0 Å². The van der Waals surface area contributed by atoms with E-state index in [2.05, 4.69) is 11.7 Å². The Balaban J connectivity index is 1.29. The first-order valence-corrected chi connectivity index (χ1v) is 14.5. The van der Waals surface area contributed by atoms with E-state index in [4.69, 9.17) is 4.74 Å². The number of unbranched alkanes of at least 4 members (excludes halogenated alkanes) is 2. The third kappa shape index (κ3) is 8.65. The molecular formula is C32H37F7O2. The number of hydrogen-bond donors (Lipinski definition) is 0. The van der Waals surface area contributed by atoms with E-state index < -0.39 is 47.8 Å². The van der Waals surface area contributed by atoms with Crippen molar-refractivity contribution in [3.63, 3.8) is 0 Å². The molecule has 0 aliphatic heterocycles. The van der Waals surface area contributed by atoms with E-state index in [0.29, 0.717) is 38.5 Å². The molecule has 2 nitrogen and oxygen atoms in total. The van der Waals surface area contributed by atoms with Gasteiger partial charge in [0.1, 0.15) is 23.1 Å². The summed E-state index contributed by atoms with van der Waals surface area (Å²) in [6.45, 7) is 0.987. The number of rotatable bonds is 11. The van der Waals surface area contributed by atoms with Crippen LogP contribution >= 0.6 is 0 Å². The van der Waals surface area contributed by atoms with Crippen molar-refractivity contribution >= 4 is 0 Å². The number of ether oxygens (including phenoxy) is 2. The molecule has 2 aromatic carbocycles. The zero-order valence-electron chi connectivity index (χ0n) is 23.2. The molecule has 0 N–H and O–H groups in total. The Morgan fingerprint density at radius 2 is 1.46 bits per heavy atom. The van der Waals surface area contributed by atoms with Crippen LogP contribution in [0.5, 0.6) is 11.5 Å². The van der Waals surface area contributed by atoms with E-state index >= 15 is 0 Å². The Kier molecular flexibility index (Phi) is 10.3. The number of alkyl halides is 5. The average Bonchev–Trinajstić information content (AvgIpc) is 2.92. The zero-order valence-corrected chi connectivity index (χ0v) is 23.2. The second-order valence-electron chi connectivity index (χ2n) is 11.3. The Bertz CT molecular complexity index is 1140. The van der Waals surface area contributed by atoms with Gasteiger partial charge in [-0.3, -0.25) is 0 Å². The van der Waals surface area contributed by atoms with Crippen LogP contribution < -0.4 is 9.47 Å². The lowest BCUT2D eigenvalue weighted by Crippen LogP contribution is -2.32. The number of allylic oxidation sites excluding steroid dienone is 2. The molecule has 2 aliphatic rings. The van der Waals surface area contributed by atoms with Gasteiger partial charge >= 0.3 is 12.3 Å². The predicted octanol–water partition coefficient (Wildman–Crippen LogP) is 10.3. The van der Waals surface area contributed by atoms with Crippen LogP contribution in [-0.4, -0.2) is 18.9 Å². The fourth-order valence-electron chi connectivity index (χ4n) is 6.13. The minimum atomic E-state index is -4.29. The lowest BCUT2D eigenvalue weighted by Gasteiger charge is -2.36. The van der Waals surface area contributed by atoms with Crippen molar-refractivity contribution in [3.8, 4) is 11.5 Å². The molecule has 0 amide bonds. The third-order valence-corrected chi connectivity index (χ3v) is 8.38. The molecule has 226 valence electrons. The van der Waals surface area contributed by atoms with Crippen LogP contribution in [0.15, 0.2) is 48.0 Å². The minimum Gasteiger partial charge on any atom is -0.483 e. The van der Waals surface area contributed by atoms with Gasteiger partial charge in [0.15, 0.2) is 6.61 Å². The van der Waals surface area contributed by atoms with Crippen LogP contribution in [0.4, 0.5) is 30.7 Å². The van der Waals surface area contributed by atoms with Gasteiger partial charge in [0.25, 0.3) is 0 Å². The molecule has 0 bridgehead atoms. The Morgan fingerprint density at radius 3 is 2.02 bits per heavy atom. The van der Waals surface area contributed by atoms with Crippen molar-refractivity contribution in [3.05, 3.63) is 70.8 Å². The van der Waals surface area contributed by atoms with E-state index in [1.807, 2.05) is 12.1 Å². The van der Waals surface area contributed by atoms with Gasteiger partial charge in [-0.05, 0) is 93.2 Å². The number of benzene rings is 2. The average molecular weight is 587 g/mol. The Morgan fingerprint density at radius 1 is 0.805 bits per heavy atom. The predicted molar refractivity (Wildman–Crippen MR) is 143 cm³/mol. The summed E-state index contributed by atoms with van der Waals surface area (Å²) in [6, 6.07) is 8.38. The van der Waals surface area contributed by atoms with Crippen LogP contribution in [0.2, 0.25) is 0 Å². The Hall–Kier alpha value is -2.71. The van der Waals surface area contributed by atoms with Crippen LogP contribution in [0, 0.1) is 23.5 Å². The molecule has 2 aromatic rings. The molecule has 1 fully saturated rings. The molecule has 2 aliphatic carbocycles. The Labute approximate surface area is 236 Å².